The van der Waals surface area contributed by atoms with Crippen molar-refractivity contribution in [2.45, 2.75) is 37.5 Å². The van der Waals surface area contributed by atoms with Gasteiger partial charge in [-0.25, -0.2) is 4.79 Å². The quantitative estimate of drug-likeness (QED) is 0.535. The van der Waals surface area contributed by atoms with Gasteiger partial charge in [0.15, 0.2) is 5.78 Å². The number of carboxylic acid groups (broad SMARTS) is 1. The third-order valence-corrected chi connectivity index (χ3v) is 7.23. The minimum Gasteiger partial charge on any atom is -0.478 e. The lowest BCUT2D eigenvalue weighted by molar-refractivity contribution is -0.119. The van der Waals surface area contributed by atoms with E-state index in [1.165, 1.54) is 11.1 Å². The number of hydrogen-bond donors (Lipinski definition) is 1. The van der Waals surface area contributed by atoms with Gasteiger partial charge in [-0.15, -0.1) is 0 Å². The molecule has 0 aliphatic heterocycles. The Morgan fingerprint density at radius 1 is 1.00 bits per heavy atom. The predicted octanol–water partition coefficient (Wildman–Crippen LogP) is 5.87. The number of benzene rings is 3. The second-order valence-corrected chi connectivity index (χ2v) is 9.12. The Morgan fingerprint density at radius 2 is 1.72 bits per heavy atom. The lowest BCUT2D eigenvalue weighted by Gasteiger charge is -2.49. The summed E-state index contributed by atoms with van der Waals surface area (Å²) in [5.74, 6) is -0.394. The van der Waals surface area contributed by atoms with Crippen LogP contribution in [0.5, 0.6) is 0 Å². The van der Waals surface area contributed by atoms with Crippen LogP contribution in [0.2, 0.25) is 0 Å². The van der Waals surface area contributed by atoms with Crippen molar-refractivity contribution in [2.24, 2.45) is 5.92 Å². The molecule has 2 aliphatic rings. The van der Waals surface area contributed by atoms with Crippen LogP contribution in [0.1, 0.15) is 51.9 Å². The Balaban J connectivity index is 1.64. The number of aromatic carboxylic acids is 1. The van der Waals surface area contributed by atoms with Crippen molar-refractivity contribution in [3.8, 4) is 0 Å². The molecule has 0 spiro atoms. The van der Waals surface area contributed by atoms with Crippen LogP contribution in [0.3, 0.4) is 0 Å². The number of Topliss-reactive ketones (excluding diaryl/α,β-unsaturated/α-hetero) is 1. The molecule has 160 valence electrons. The number of carboxylic acids is 1. The fourth-order valence-electron chi connectivity index (χ4n) is 5.72. The van der Waals surface area contributed by atoms with Gasteiger partial charge in [-0.2, -0.15) is 0 Å². The Morgan fingerprint density at radius 3 is 2.44 bits per heavy atom. The summed E-state index contributed by atoms with van der Waals surface area (Å²) in [7, 11) is 0. The van der Waals surface area contributed by atoms with Crippen molar-refractivity contribution >= 4 is 17.8 Å². The van der Waals surface area contributed by atoms with Gasteiger partial charge in [0, 0.05) is 11.8 Å². The SMILES string of the molecule is O=C1CC2CCc3cc(C(=O)O)ccc3[C@]2(Cc2ccccc2)C/C1=C\c1ccccc1. The number of aryl methyl sites for hydroxylation is 1. The summed E-state index contributed by atoms with van der Waals surface area (Å²) in [4.78, 5) is 24.7. The minimum atomic E-state index is -0.893. The van der Waals surface area contributed by atoms with Gasteiger partial charge in [-0.05, 0) is 77.6 Å². The summed E-state index contributed by atoms with van der Waals surface area (Å²) < 4.78 is 0. The summed E-state index contributed by atoms with van der Waals surface area (Å²) >= 11 is 0. The van der Waals surface area contributed by atoms with E-state index in [0.29, 0.717) is 18.4 Å². The summed E-state index contributed by atoms with van der Waals surface area (Å²) in [5.41, 5.74) is 5.63. The van der Waals surface area contributed by atoms with Gasteiger partial charge in [0.05, 0.1) is 5.56 Å². The molecule has 3 aromatic rings. The maximum Gasteiger partial charge on any atom is 0.335 e. The second kappa shape index (κ2) is 8.23. The molecule has 5 rings (SSSR count). The van der Waals surface area contributed by atoms with Crippen molar-refractivity contribution in [2.75, 3.05) is 0 Å². The zero-order valence-corrected chi connectivity index (χ0v) is 18.0. The summed E-state index contributed by atoms with van der Waals surface area (Å²) in [6.07, 6.45) is 5.85. The van der Waals surface area contributed by atoms with E-state index in [2.05, 4.69) is 24.3 Å². The first-order chi connectivity index (χ1) is 15.5. The molecule has 0 aromatic heterocycles. The molecule has 0 saturated heterocycles. The molecular weight excluding hydrogens is 396 g/mol. The lowest BCUT2D eigenvalue weighted by Crippen LogP contribution is -2.46. The van der Waals surface area contributed by atoms with Crippen LogP contribution in [0.4, 0.5) is 0 Å². The highest BCUT2D eigenvalue weighted by Crippen LogP contribution is 2.52. The van der Waals surface area contributed by atoms with Crippen molar-refractivity contribution in [1.29, 1.82) is 0 Å². The van der Waals surface area contributed by atoms with Crippen molar-refractivity contribution in [3.05, 3.63) is 112 Å². The maximum absolute atomic E-state index is 13.2. The fraction of sp³-hybridized carbons (Fsp3) is 0.241. The Hall–Kier alpha value is -3.46. The Bertz CT molecular complexity index is 1190. The van der Waals surface area contributed by atoms with Crippen LogP contribution < -0.4 is 0 Å². The van der Waals surface area contributed by atoms with Gasteiger partial charge >= 0.3 is 5.97 Å². The van der Waals surface area contributed by atoms with Gasteiger partial charge in [-0.3, -0.25) is 4.79 Å². The van der Waals surface area contributed by atoms with Crippen molar-refractivity contribution in [3.63, 3.8) is 0 Å². The van der Waals surface area contributed by atoms with E-state index >= 15 is 0 Å². The highest BCUT2D eigenvalue weighted by molar-refractivity contribution is 6.01. The molecule has 1 fully saturated rings. The number of carbonyl (C=O) groups excluding carboxylic acids is 1. The molecule has 3 aromatic carbocycles. The second-order valence-electron chi connectivity index (χ2n) is 9.12. The van der Waals surface area contributed by atoms with Crippen LogP contribution in [-0.2, 0) is 23.1 Å². The summed E-state index contributed by atoms with van der Waals surface area (Å²) in [6, 6.07) is 26.1. The average molecular weight is 423 g/mol. The van der Waals surface area contributed by atoms with E-state index in [0.717, 1.165) is 36.0 Å². The highest BCUT2D eigenvalue weighted by Gasteiger charge is 2.49. The molecule has 0 heterocycles. The third kappa shape index (κ3) is 3.69. The average Bonchev–Trinajstić information content (AvgIpc) is 2.81. The lowest BCUT2D eigenvalue weighted by atomic mass is 9.54. The standard InChI is InChI=1S/C29H26O3/c30-27-17-25-13-11-22-16-23(28(31)32)12-14-26(22)29(25,18-21-9-5-2-6-10-21)19-24(27)15-20-7-3-1-4-8-20/h1-10,12,14-16,25H,11,13,17-19H2,(H,31,32)/b24-15+/t25?,29-/m1/s1. The van der Waals surface area contributed by atoms with Gasteiger partial charge in [-0.1, -0.05) is 66.7 Å². The smallest absolute Gasteiger partial charge is 0.335 e. The predicted molar refractivity (Wildman–Crippen MR) is 126 cm³/mol. The zero-order chi connectivity index (χ0) is 22.1. The van der Waals surface area contributed by atoms with Crippen LogP contribution in [0.15, 0.2) is 84.4 Å². The number of rotatable bonds is 4. The number of ketones is 1. The van der Waals surface area contributed by atoms with Crippen LogP contribution >= 0.6 is 0 Å². The third-order valence-electron chi connectivity index (χ3n) is 7.23. The van der Waals surface area contributed by atoms with Gasteiger partial charge in [0.1, 0.15) is 0 Å². The van der Waals surface area contributed by atoms with Crippen LogP contribution in [-0.4, -0.2) is 16.9 Å². The zero-order valence-electron chi connectivity index (χ0n) is 18.0. The molecular formula is C29H26O3. The van der Waals surface area contributed by atoms with Gasteiger partial charge in [0.25, 0.3) is 0 Å². The van der Waals surface area contributed by atoms with Crippen molar-refractivity contribution < 1.29 is 14.7 Å². The molecule has 1 saturated carbocycles. The van der Waals surface area contributed by atoms with Crippen molar-refractivity contribution in [1.82, 2.24) is 0 Å². The molecule has 1 N–H and O–H groups in total. The van der Waals surface area contributed by atoms with Crippen LogP contribution in [0.25, 0.3) is 6.08 Å². The normalized spacial score (nSPS) is 23.4. The molecule has 3 heteroatoms. The summed E-state index contributed by atoms with van der Waals surface area (Å²) in [6.45, 7) is 0. The first-order valence-corrected chi connectivity index (χ1v) is 11.2. The molecule has 2 atom stereocenters. The molecule has 0 amide bonds. The number of fused-ring (bicyclic) bond motifs is 3. The fourth-order valence-corrected chi connectivity index (χ4v) is 5.72. The number of allylic oxidation sites excluding steroid dienone is 1. The maximum atomic E-state index is 13.2. The molecule has 0 bridgehead atoms. The summed E-state index contributed by atoms with van der Waals surface area (Å²) in [5, 5.41) is 9.51. The topological polar surface area (TPSA) is 54.4 Å². The number of carbonyl (C=O) groups is 2. The van der Waals surface area contributed by atoms with E-state index in [4.69, 9.17) is 0 Å². The highest BCUT2D eigenvalue weighted by atomic mass is 16.4. The van der Waals surface area contributed by atoms with Gasteiger partial charge in [0.2, 0.25) is 0 Å². The van der Waals surface area contributed by atoms with E-state index in [-0.39, 0.29) is 17.1 Å². The first-order valence-electron chi connectivity index (χ1n) is 11.2. The molecule has 3 nitrogen and oxygen atoms in total. The Labute approximate surface area is 188 Å². The molecule has 32 heavy (non-hydrogen) atoms. The minimum absolute atomic E-state index is 0.208. The largest absolute Gasteiger partial charge is 0.478 e. The molecule has 1 unspecified atom stereocenters. The van der Waals surface area contributed by atoms with E-state index in [1.807, 2.05) is 54.6 Å². The molecule has 2 aliphatic carbocycles. The van der Waals surface area contributed by atoms with E-state index in [1.54, 1.807) is 6.07 Å². The Kier molecular flexibility index (Phi) is 5.26. The monoisotopic (exact) mass is 422 g/mol. The molecule has 0 radical (unpaired) electrons. The number of hydrogen-bond acceptors (Lipinski definition) is 2. The van der Waals surface area contributed by atoms with Crippen LogP contribution in [0, 0.1) is 5.92 Å². The first kappa shape index (κ1) is 20.4. The van der Waals surface area contributed by atoms with E-state index in [9.17, 15) is 14.7 Å². The van der Waals surface area contributed by atoms with Gasteiger partial charge < -0.3 is 5.11 Å². The van der Waals surface area contributed by atoms with E-state index < -0.39 is 5.97 Å².